The average molecular weight is 475 g/mol. The molecule has 3 N–H and O–H groups in total. The van der Waals surface area contributed by atoms with Gasteiger partial charge in [0.25, 0.3) is 0 Å². The zero-order valence-electron chi connectivity index (χ0n) is 21.6. The zero-order valence-corrected chi connectivity index (χ0v) is 21.6. The van der Waals surface area contributed by atoms with E-state index in [4.69, 9.17) is 4.74 Å². The fourth-order valence-electron chi connectivity index (χ4n) is 7.96. The Labute approximate surface area is 203 Å². The largest absolute Gasteiger partial charge is 0.458 e. The van der Waals surface area contributed by atoms with Crippen LogP contribution in [0.3, 0.4) is 0 Å². The van der Waals surface area contributed by atoms with Gasteiger partial charge in [0.1, 0.15) is 23.1 Å². The van der Waals surface area contributed by atoms with Crippen LogP contribution in [0.4, 0.5) is 0 Å². The van der Waals surface area contributed by atoms with E-state index in [0.29, 0.717) is 32.1 Å². The molecule has 0 aromatic heterocycles. The number of allylic oxidation sites excluding steroid dienone is 1. The standard InChI is InChI=1S/C28H42O6/c1-16(2)17(3)13-24(31)34-23-15-22-25(5)10-8-20(30)14-19(25)7-11-27(22,32)28(33)12-9-21(18(4)29)26(23,28)6/h7,13,16,20-23,30,32-33H,8-12,14-15H2,1-6H3/t20-,21+,22-,23-,25+,26+,27-,28+/m1/s1. The van der Waals surface area contributed by atoms with Crippen LogP contribution in [-0.4, -0.2) is 50.5 Å². The highest BCUT2D eigenvalue weighted by Gasteiger charge is 2.77. The third kappa shape index (κ3) is 3.39. The molecule has 0 saturated heterocycles. The molecule has 34 heavy (non-hydrogen) atoms. The van der Waals surface area contributed by atoms with Gasteiger partial charge in [-0.25, -0.2) is 4.79 Å². The number of Topliss-reactive ketones (excluding diaryl/α,β-unsaturated/α-hetero) is 1. The second-order valence-electron chi connectivity index (χ2n) is 12.3. The number of hydrogen-bond donors (Lipinski definition) is 3. The number of carbonyl (C=O) groups excluding carboxylic acids is 2. The molecule has 0 aromatic rings. The van der Waals surface area contributed by atoms with Crippen molar-refractivity contribution < 1.29 is 29.6 Å². The van der Waals surface area contributed by atoms with E-state index in [9.17, 15) is 24.9 Å². The van der Waals surface area contributed by atoms with Crippen LogP contribution in [0.25, 0.3) is 0 Å². The molecular formula is C28H42O6. The van der Waals surface area contributed by atoms with E-state index in [2.05, 4.69) is 6.92 Å². The second kappa shape index (κ2) is 8.28. The third-order valence-electron chi connectivity index (χ3n) is 10.4. The number of rotatable bonds is 4. The summed E-state index contributed by atoms with van der Waals surface area (Å²) in [4.78, 5) is 25.8. The quantitative estimate of drug-likeness (QED) is 0.325. The highest BCUT2D eigenvalue weighted by Crippen LogP contribution is 2.70. The lowest BCUT2D eigenvalue weighted by atomic mass is 9.43. The number of carbonyl (C=O) groups is 2. The van der Waals surface area contributed by atoms with Gasteiger partial charge in [0.2, 0.25) is 0 Å². The summed E-state index contributed by atoms with van der Waals surface area (Å²) in [6.45, 7) is 11.4. The van der Waals surface area contributed by atoms with Crippen molar-refractivity contribution in [2.24, 2.45) is 28.6 Å². The van der Waals surface area contributed by atoms with E-state index in [1.165, 1.54) is 13.0 Å². The minimum Gasteiger partial charge on any atom is -0.458 e. The summed E-state index contributed by atoms with van der Waals surface area (Å²) >= 11 is 0. The number of ether oxygens (including phenoxy) is 1. The second-order valence-corrected chi connectivity index (χ2v) is 12.3. The van der Waals surface area contributed by atoms with Gasteiger partial charge < -0.3 is 20.1 Å². The molecule has 0 unspecified atom stereocenters. The van der Waals surface area contributed by atoms with Crippen molar-refractivity contribution in [3.8, 4) is 0 Å². The van der Waals surface area contributed by atoms with Crippen molar-refractivity contribution >= 4 is 11.8 Å². The Morgan fingerprint density at radius 3 is 2.44 bits per heavy atom. The fraction of sp³-hybridized carbons (Fsp3) is 0.786. The summed E-state index contributed by atoms with van der Waals surface area (Å²) in [6.07, 6.45) is 5.72. The molecule has 3 saturated carbocycles. The van der Waals surface area contributed by atoms with Gasteiger partial charge in [-0.2, -0.15) is 0 Å². The lowest BCUT2D eigenvalue weighted by Gasteiger charge is -2.66. The van der Waals surface area contributed by atoms with Crippen LogP contribution in [-0.2, 0) is 14.3 Å². The molecule has 0 radical (unpaired) electrons. The molecule has 190 valence electrons. The Morgan fingerprint density at radius 1 is 1.15 bits per heavy atom. The maximum Gasteiger partial charge on any atom is 0.330 e. The molecule has 4 aliphatic rings. The van der Waals surface area contributed by atoms with E-state index < -0.39 is 46.1 Å². The molecule has 6 nitrogen and oxygen atoms in total. The zero-order chi connectivity index (χ0) is 25.3. The number of aliphatic hydroxyl groups excluding tert-OH is 1. The van der Waals surface area contributed by atoms with Gasteiger partial charge in [0.15, 0.2) is 0 Å². The summed E-state index contributed by atoms with van der Waals surface area (Å²) in [5.74, 6) is -1.15. The van der Waals surface area contributed by atoms with E-state index in [1.54, 1.807) is 0 Å². The lowest BCUT2D eigenvalue weighted by Crippen LogP contribution is -2.75. The van der Waals surface area contributed by atoms with E-state index in [0.717, 1.165) is 11.1 Å². The Morgan fingerprint density at radius 2 is 1.82 bits per heavy atom. The van der Waals surface area contributed by atoms with Gasteiger partial charge in [-0.1, -0.05) is 44.9 Å². The molecule has 3 fully saturated rings. The van der Waals surface area contributed by atoms with Crippen LogP contribution in [0.1, 0.15) is 86.5 Å². The minimum atomic E-state index is -1.57. The number of esters is 1. The van der Waals surface area contributed by atoms with Crippen LogP contribution >= 0.6 is 0 Å². The Bertz CT molecular complexity index is 935. The van der Waals surface area contributed by atoms with Crippen LogP contribution in [0, 0.1) is 28.6 Å². The van der Waals surface area contributed by atoms with E-state index in [-0.39, 0.29) is 30.5 Å². The molecule has 4 rings (SSSR count). The fourth-order valence-corrected chi connectivity index (χ4v) is 7.96. The predicted octanol–water partition coefficient (Wildman–Crippen LogP) is 3.87. The van der Waals surface area contributed by atoms with Crippen LogP contribution in [0.5, 0.6) is 0 Å². The average Bonchev–Trinajstić information content (AvgIpc) is 3.04. The molecule has 4 aliphatic carbocycles. The number of aliphatic hydroxyl groups is 3. The Balaban J connectivity index is 1.81. The SMILES string of the molecule is CC(=O)[C@@H]1CC[C@]2(O)[C@]1(C)[C@H](OC(=O)C=C(C)C(C)C)C[C@@H]1[C@@]3(C)CC[C@@H](O)CC3=CC[C@@]12O. The van der Waals surface area contributed by atoms with Crippen molar-refractivity contribution in [3.05, 3.63) is 23.3 Å². The molecule has 0 heterocycles. The van der Waals surface area contributed by atoms with Gasteiger partial charge >= 0.3 is 5.97 Å². The third-order valence-corrected chi connectivity index (χ3v) is 10.4. The van der Waals surface area contributed by atoms with Gasteiger partial charge in [0, 0.05) is 23.3 Å². The maximum absolute atomic E-state index is 13.0. The topological polar surface area (TPSA) is 104 Å². The Hall–Kier alpha value is -1.50. The summed E-state index contributed by atoms with van der Waals surface area (Å²) < 4.78 is 6.11. The van der Waals surface area contributed by atoms with Gasteiger partial charge in [-0.15, -0.1) is 0 Å². The minimum absolute atomic E-state index is 0.0468. The van der Waals surface area contributed by atoms with Crippen molar-refractivity contribution in [2.45, 2.75) is 110 Å². The maximum atomic E-state index is 13.0. The summed E-state index contributed by atoms with van der Waals surface area (Å²) in [5, 5.41) is 35.0. The first-order valence-corrected chi connectivity index (χ1v) is 12.9. The first kappa shape index (κ1) is 25.6. The van der Waals surface area contributed by atoms with Gasteiger partial charge in [0.05, 0.1) is 6.10 Å². The van der Waals surface area contributed by atoms with Crippen molar-refractivity contribution in [1.82, 2.24) is 0 Å². The predicted molar refractivity (Wildman–Crippen MR) is 129 cm³/mol. The number of fused-ring (bicyclic) bond motifs is 5. The molecule has 0 spiro atoms. The summed E-state index contributed by atoms with van der Waals surface area (Å²) in [7, 11) is 0. The van der Waals surface area contributed by atoms with E-state index >= 15 is 0 Å². The monoisotopic (exact) mass is 474 g/mol. The first-order valence-electron chi connectivity index (χ1n) is 12.9. The van der Waals surface area contributed by atoms with Crippen molar-refractivity contribution in [1.29, 1.82) is 0 Å². The summed E-state index contributed by atoms with van der Waals surface area (Å²) in [5.41, 5.74) is -2.47. The molecular weight excluding hydrogens is 432 g/mol. The molecule has 0 aromatic carbocycles. The highest BCUT2D eigenvalue weighted by atomic mass is 16.5. The molecule has 8 atom stereocenters. The van der Waals surface area contributed by atoms with Gasteiger partial charge in [-0.3, -0.25) is 4.79 Å². The van der Waals surface area contributed by atoms with Crippen molar-refractivity contribution in [2.75, 3.05) is 0 Å². The highest BCUT2D eigenvalue weighted by molar-refractivity contribution is 5.83. The Kier molecular flexibility index (Phi) is 6.23. The van der Waals surface area contributed by atoms with Crippen LogP contribution in [0.15, 0.2) is 23.3 Å². The first-order chi connectivity index (χ1) is 15.7. The number of ketones is 1. The van der Waals surface area contributed by atoms with E-state index in [1.807, 2.05) is 33.8 Å². The van der Waals surface area contributed by atoms with Crippen molar-refractivity contribution in [3.63, 3.8) is 0 Å². The lowest BCUT2D eigenvalue weighted by molar-refractivity contribution is -0.299. The van der Waals surface area contributed by atoms with Crippen LogP contribution < -0.4 is 0 Å². The molecule has 6 heteroatoms. The molecule has 0 bridgehead atoms. The molecule has 0 aliphatic heterocycles. The van der Waals surface area contributed by atoms with Gasteiger partial charge in [-0.05, 0) is 70.1 Å². The normalized spacial score (nSPS) is 46.3. The summed E-state index contributed by atoms with van der Waals surface area (Å²) in [6, 6.07) is 0. The molecule has 0 amide bonds. The smallest absolute Gasteiger partial charge is 0.330 e. The van der Waals surface area contributed by atoms with Crippen LogP contribution in [0.2, 0.25) is 0 Å². The number of hydrogen-bond acceptors (Lipinski definition) is 6.